The predicted molar refractivity (Wildman–Crippen MR) is 78.1 cm³/mol. The minimum Gasteiger partial charge on any atom is -0.375 e. The minimum atomic E-state index is -0.391. The van der Waals surface area contributed by atoms with E-state index in [4.69, 9.17) is 27.9 Å². The number of alkyl halides is 2. The minimum absolute atomic E-state index is 0.339. The highest BCUT2D eigenvalue weighted by Crippen LogP contribution is 2.14. The zero-order valence-electron chi connectivity index (χ0n) is 11.4. The smallest absolute Gasteiger partial charge is 0.131 e. The van der Waals surface area contributed by atoms with Crippen LogP contribution in [0, 0.1) is 0 Å². The molecule has 0 aromatic heterocycles. The van der Waals surface area contributed by atoms with Crippen molar-refractivity contribution in [3.63, 3.8) is 0 Å². The molecule has 0 N–H and O–H groups in total. The van der Waals surface area contributed by atoms with Gasteiger partial charge in [-0.25, -0.2) is 0 Å². The van der Waals surface area contributed by atoms with Crippen LogP contribution in [-0.4, -0.2) is 17.5 Å². The van der Waals surface area contributed by atoms with E-state index in [1.54, 1.807) is 0 Å². The summed E-state index contributed by atoms with van der Waals surface area (Å²) in [5.41, 5.74) is 0. The van der Waals surface area contributed by atoms with Crippen LogP contribution in [0.1, 0.15) is 71.6 Å². The first-order valence-electron chi connectivity index (χ1n) is 7.10. The maximum atomic E-state index is 5.65. The number of rotatable bonds is 12. The Balaban J connectivity index is 3.31. The Labute approximate surface area is 117 Å². The SMILES string of the molecule is CCCCCCCCCC(CC)OCC(Cl)Cl. The first-order valence-corrected chi connectivity index (χ1v) is 7.97. The highest BCUT2D eigenvalue weighted by molar-refractivity contribution is 6.44. The van der Waals surface area contributed by atoms with E-state index in [1.807, 2.05) is 0 Å². The molecule has 0 heterocycles. The van der Waals surface area contributed by atoms with E-state index in [0.29, 0.717) is 12.7 Å². The summed E-state index contributed by atoms with van der Waals surface area (Å²) in [7, 11) is 0. The fourth-order valence-corrected chi connectivity index (χ4v) is 2.09. The lowest BCUT2D eigenvalue weighted by atomic mass is 10.1. The van der Waals surface area contributed by atoms with Crippen LogP contribution >= 0.6 is 23.2 Å². The second-order valence-electron chi connectivity index (χ2n) is 4.66. The maximum Gasteiger partial charge on any atom is 0.131 e. The van der Waals surface area contributed by atoms with Crippen molar-refractivity contribution in [3.8, 4) is 0 Å². The summed E-state index contributed by atoms with van der Waals surface area (Å²) >= 11 is 11.3. The summed E-state index contributed by atoms with van der Waals surface area (Å²) in [5, 5.41) is 0. The first-order chi connectivity index (χ1) is 8.20. The summed E-state index contributed by atoms with van der Waals surface area (Å²) in [4.78, 5) is -0.391. The largest absolute Gasteiger partial charge is 0.375 e. The van der Waals surface area contributed by atoms with Gasteiger partial charge < -0.3 is 4.74 Å². The molecule has 0 aromatic rings. The molecule has 17 heavy (non-hydrogen) atoms. The fraction of sp³-hybridized carbons (Fsp3) is 1.00. The van der Waals surface area contributed by atoms with Gasteiger partial charge in [0.1, 0.15) is 4.84 Å². The average Bonchev–Trinajstić information content (AvgIpc) is 2.31. The molecular weight excluding hydrogens is 255 g/mol. The molecule has 0 bridgehead atoms. The Morgan fingerprint density at radius 3 is 2.00 bits per heavy atom. The van der Waals surface area contributed by atoms with Crippen LogP contribution in [0.2, 0.25) is 0 Å². The normalized spacial score (nSPS) is 13.2. The Hall–Kier alpha value is 0.540. The lowest BCUT2D eigenvalue weighted by molar-refractivity contribution is 0.0501. The number of halogens is 2. The highest BCUT2D eigenvalue weighted by atomic mass is 35.5. The van der Waals surface area contributed by atoms with Crippen molar-refractivity contribution in [2.24, 2.45) is 0 Å². The molecule has 0 fully saturated rings. The standard InChI is InChI=1S/C14H28Cl2O/c1-3-5-6-7-8-9-10-11-13(4-2)17-12-14(15)16/h13-14H,3-12H2,1-2H3. The number of ether oxygens (including phenoxy) is 1. The molecule has 0 aliphatic heterocycles. The summed E-state index contributed by atoms with van der Waals surface area (Å²) in [6, 6.07) is 0. The van der Waals surface area contributed by atoms with Crippen LogP contribution in [0.3, 0.4) is 0 Å². The van der Waals surface area contributed by atoms with Crippen molar-refractivity contribution >= 4 is 23.2 Å². The monoisotopic (exact) mass is 282 g/mol. The van der Waals surface area contributed by atoms with Crippen molar-refractivity contribution in [2.75, 3.05) is 6.61 Å². The molecule has 0 aromatic carbocycles. The van der Waals surface area contributed by atoms with Crippen molar-refractivity contribution in [1.29, 1.82) is 0 Å². The number of unbranched alkanes of at least 4 members (excludes halogenated alkanes) is 6. The fourth-order valence-electron chi connectivity index (χ4n) is 1.94. The van der Waals surface area contributed by atoms with Crippen LogP contribution in [0.15, 0.2) is 0 Å². The molecule has 1 nitrogen and oxygen atoms in total. The van der Waals surface area contributed by atoms with E-state index in [9.17, 15) is 0 Å². The molecule has 1 unspecified atom stereocenters. The summed E-state index contributed by atoms with van der Waals surface area (Å²) in [6.07, 6.45) is 12.0. The van der Waals surface area contributed by atoms with Crippen LogP contribution in [-0.2, 0) is 4.74 Å². The van der Waals surface area contributed by atoms with E-state index in [-0.39, 0.29) is 0 Å². The van der Waals surface area contributed by atoms with E-state index in [1.165, 1.54) is 44.9 Å². The molecule has 0 saturated carbocycles. The maximum absolute atomic E-state index is 5.65. The molecule has 0 rings (SSSR count). The Morgan fingerprint density at radius 1 is 0.882 bits per heavy atom. The number of hydrogen-bond acceptors (Lipinski definition) is 1. The third kappa shape index (κ3) is 12.8. The van der Waals surface area contributed by atoms with Gasteiger partial charge in [0.2, 0.25) is 0 Å². The lowest BCUT2D eigenvalue weighted by Crippen LogP contribution is -2.15. The quantitative estimate of drug-likeness (QED) is 0.328. The van der Waals surface area contributed by atoms with Gasteiger partial charge in [-0.1, -0.05) is 58.8 Å². The van der Waals surface area contributed by atoms with Gasteiger partial charge in [-0.05, 0) is 12.8 Å². The van der Waals surface area contributed by atoms with Crippen LogP contribution < -0.4 is 0 Å². The molecule has 1 atom stereocenters. The third-order valence-electron chi connectivity index (χ3n) is 3.04. The Kier molecular flexibility index (Phi) is 13.4. The molecule has 0 radical (unpaired) electrons. The van der Waals surface area contributed by atoms with Crippen molar-refractivity contribution < 1.29 is 4.74 Å². The van der Waals surface area contributed by atoms with E-state index in [0.717, 1.165) is 12.8 Å². The topological polar surface area (TPSA) is 9.23 Å². The molecule has 0 aliphatic rings. The summed E-state index contributed by atoms with van der Waals surface area (Å²) in [5.74, 6) is 0. The van der Waals surface area contributed by atoms with Gasteiger partial charge in [-0.2, -0.15) is 0 Å². The Morgan fingerprint density at radius 2 is 1.47 bits per heavy atom. The van der Waals surface area contributed by atoms with Gasteiger partial charge in [-0.3, -0.25) is 0 Å². The molecule has 3 heteroatoms. The van der Waals surface area contributed by atoms with E-state index in [2.05, 4.69) is 13.8 Å². The molecular formula is C14H28Cl2O. The van der Waals surface area contributed by atoms with Gasteiger partial charge >= 0.3 is 0 Å². The van der Waals surface area contributed by atoms with Crippen molar-refractivity contribution in [1.82, 2.24) is 0 Å². The zero-order chi connectivity index (χ0) is 12.9. The highest BCUT2D eigenvalue weighted by Gasteiger charge is 2.08. The van der Waals surface area contributed by atoms with Crippen molar-refractivity contribution in [3.05, 3.63) is 0 Å². The number of hydrogen-bond donors (Lipinski definition) is 0. The van der Waals surface area contributed by atoms with Crippen LogP contribution in [0.4, 0.5) is 0 Å². The van der Waals surface area contributed by atoms with Gasteiger partial charge in [-0.15, -0.1) is 23.2 Å². The molecule has 0 spiro atoms. The third-order valence-corrected chi connectivity index (χ3v) is 3.29. The molecule has 104 valence electrons. The lowest BCUT2D eigenvalue weighted by Gasteiger charge is -2.16. The van der Waals surface area contributed by atoms with Gasteiger partial charge in [0.05, 0.1) is 12.7 Å². The van der Waals surface area contributed by atoms with E-state index < -0.39 is 4.84 Å². The van der Waals surface area contributed by atoms with Gasteiger partial charge in [0.15, 0.2) is 0 Å². The van der Waals surface area contributed by atoms with Gasteiger partial charge in [0.25, 0.3) is 0 Å². The molecule has 0 saturated heterocycles. The van der Waals surface area contributed by atoms with Crippen LogP contribution in [0.25, 0.3) is 0 Å². The second kappa shape index (κ2) is 13.0. The first kappa shape index (κ1) is 17.5. The summed E-state index contributed by atoms with van der Waals surface area (Å²) < 4.78 is 5.63. The second-order valence-corrected chi connectivity index (χ2v) is 5.94. The Bertz CT molecular complexity index is 151. The van der Waals surface area contributed by atoms with Crippen molar-refractivity contribution in [2.45, 2.75) is 82.6 Å². The average molecular weight is 283 g/mol. The zero-order valence-corrected chi connectivity index (χ0v) is 12.9. The van der Waals surface area contributed by atoms with E-state index >= 15 is 0 Å². The van der Waals surface area contributed by atoms with Crippen LogP contribution in [0.5, 0.6) is 0 Å². The molecule has 0 aliphatic carbocycles. The van der Waals surface area contributed by atoms with Gasteiger partial charge in [0, 0.05) is 0 Å². The molecule has 0 amide bonds. The predicted octanol–water partition coefficient (Wildman–Crippen LogP) is 5.73. The summed E-state index contributed by atoms with van der Waals surface area (Å²) in [6.45, 7) is 4.87.